The number of rotatable bonds is 3. The molecule has 98 valence electrons. The summed E-state index contributed by atoms with van der Waals surface area (Å²) < 4.78 is 26.2. The Labute approximate surface area is 106 Å². The summed E-state index contributed by atoms with van der Waals surface area (Å²) in [7, 11) is 0. The van der Waals surface area contributed by atoms with E-state index < -0.39 is 11.6 Å². The van der Waals surface area contributed by atoms with Crippen molar-refractivity contribution in [1.82, 2.24) is 5.43 Å². The predicted molar refractivity (Wildman–Crippen MR) is 65.4 cm³/mol. The molecule has 0 amide bonds. The van der Waals surface area contributed by atoms with E-state index in [1.165, 1.54) is 37.8 Å². The molecule has 4 heteroatoms. The second-order valence-electron chi connectivity index (χ2n) is 5.51. The van der Waals surface area contributed by atoms with Crippen LogP contribution in [0.5, 0.6) is 0 Å². The first-order chi connectivity index (χ1) is 8.72. The van der Waals surface area contributed by atoms with Gasteiger partial charge in [-0.2, -0.15) is 0 Å². The lowest BCUT2D eigenvalue weighted by Gasteiger charge is -2.17. The minimum atomic E-state index is -0.803. The maximum Gasteiger partial charge on any atom is 0.159 e. The summed E-state index contributed by atoms with van der Waals surface area (Å²) in [5.74, 6) is 5.94. The Kier molecular flexibility index (Phi) is 3.08. The van der Waals surface area contributed by atoms with Crippen LogP contribution in [-0.4, -0.2) is 0 Å². The van der Waals surface area contributed by atoms with Gasteiger partial charge in [-0.3, -0.25) is 11.3 Å². The van der Waals surface area contributed by atoms with Gasteiger partial charge in [0.1, 0.15) is 0 Å². The van der Waals surface area contributed by atoms with Crippen molar-refractivity contribution in [2.45, 2.75) is 31.7 Å². The molecular formula is C14H18F2N2. The lowest BCUT2D eigenvalue weighted by atomic mass is 10.0. The molecule has 0 bridgehead atoms. The number of benzene rings is 1. The van der Waals surface area contributed by atoms with Gasteiger partial charge in [0.25, 0.3) is 0 Å². The quantitative estimate of drug-likeness (QED) is 0.641. The summed E-state index contributed by atoms with van der Waals surface area (Å²) in [5, 5.41) is 0. The summed E-state index contributed by atoms with van der Waals surface area (Å²) in [4.78, 5) is 0. The van der Waals surface area contributed by atoms with Crippen molar-refractivity contribution in [1.29, 1.82) is 0 Å². The lowest BCUT2D eigenvalue weighted by molar-refractivity contribution is 0.448. The highest BCUT2D eigenvalue weighted by atomic mass is 19.2. The highest BCUT2D eigenvalue weighted by Crippen LogP contribution is 2.60. The largest absolute Gasteiger partial charge is 0.271 e. The van der Waals surface area contributed by atoms with Crippen LogP contribution in [0, 0.1) is 29.4 Å². The number of nitrogens with one attached hydrogen (secondary N) is 1. The predicted octanol–water partition coefficient (Wildman–Crippen LogP) is 2.91. The maximum absolute atomic E-state index is 13.3. The van der Waals surface area contributed by atoms with Crippen LogP contribution in [0.15, 0.2) is 18.2 Å². The van der Waals surface area contributed by atoms with Crippen LogP contribution < -0.4 is 11.3 Å². The van der Waals surface area contributed by atoms with Crippen molar-refractivity contribution in [3.63, 3.8) is 0 Å². The Morgan fingerprint density at radius 3 is 2.33 bits per heavy atom. The molecule has 2 aliphatic carbocycles. The van der Waals surface area contributed by atoms with Crippen molar-refractivity contribution >= 4 is 0 Å². The molecule has 0 aromatic heterocycles. The zero-order valence-electron chi connectivity index (χ0n) is 10.2. The molecule has 3 N–H and O–H groups in total. The molecule has 1 aromatic carbocycles. The van der Waals surface area contributed by atoms with Gasteiger partial charge < -0.3 is 0 Å². The first-order valence-electron chi connectivity index (χ1n) is 6.63. The van der Waals surface area contributed by atoms with E-state index in [1.54, 1.807) is 6.07 Å². The minimum Gasteiger partial charge on any atom is -0.271 e. The van der Waals surface area contributed by atoms with E-state index in [0.717, 1.165) is 5.56 Å². The first kappa shape index (κ1) is 12.1. The molecule has 0 saturated heterocycles. The van der Waals surface area contributed by atoms with Gasteiger partial charge >= 0.3 is 0 Å². The summed E-state index contributed by atoms with van der Waals surface area (Å²) in [6.45, 7) is 0. The number of hydrogen-bond donors (Lipinski definition) is 2. The zero-order chi connectivity index (χ0) is 12.7. The SMILES string of the molecule is NNC(c1ccc(F)c(F)c1)C1C2CCCCC21. The Morgan fingerprint density at radius 2 is 1.78 bits per heavy atom. The van der Waals surface area contributed by atoms with E-state index >= 15 is 0 Å². The van der Waals surface area contributed by atoms with E-state index in [4.69, 9.17) is 5.84 Å². The highest BCUT2D eigenvalue weighted by Gasteiger charge is 2.54. The molecule has 3 unspecified atom stereocenters. The van der Waals surface area contributed by atoms with Crippen molar-refractivity contribution in [2.75, 3.05) is 0 Å². The van der Waals surface area contributed by atoms with Crippen molar-refractivity contribution in [2.24, 2.45) is 23.6 Å². The zero-order valence-corrected chi connectivity index (χ0v) is 10.2. The van der Waals surface area contributed by atoms with Crippen LogP contribution in [0.2, 0.25) is 0 Å². The molecule has 2 fully saturated rings. The second-order valence-corrected chi connectivity index (χ2v) is 5.51. The van der Waals surface area contributed by atoms with Gasteiger partial charge in [-0.25, -0.2) is 8.78 Å². The molecule has 3 rings (SSSR count). The van der Waals surface area contributed by atoms with Gasteiger partial charge in [-0.15, -0.1) is 0 Å². The fourth-order valence-corrected chi connectivity index (χ4v) is 3.68. The van der Waals surface area contributed by atoms with Gasteiger partial charge in [0.2, 0.25) is 0 Å². The van der Waals surface area contributed by atoms with Crippen molar-refractivity contribution in [3.8, 4) is 0 Å². The third kappa shape index (κ3) is 1.93. The van der Waals surface area contributed by atoms with Crippen LogP contribution in [0.1, 0.15) is 37.3 Å². The van der Waals surface area contributed by atoms with Gasteiger partial charge in [-0.1, -0.05) is 18.9 Å². The fourth-order valence-electron chi connectivity index (χ4n) is 3.68. The van der Waals surface area contributed by atoms with Crippen LogP contribution in [0.25, 0.3) is 0 Å². The number of fused-ring (bicyclic) bond motifs is 1. The fraction of sp³-hybridized carbons (Fsp3) is 0.571. The molecule has 0 heterocycles. The summed E-state index contributed by atoms with van der Waals surface area (Å²) >= 11 is 0. The van der Waals surface area contributed by atoms with Gasteiger partial charge in [-0.05, 0) is 48.3 Å². The van der Waals surface area contributed by atoms with Crippen molar-refractivity contribution in [3.05, 3.63) is 35.4 Å². The van der Waals surface area contributed by atoms with Crippen LogP contribution >= 0.6 is 0 Å². The number of halogens is 2. The average molecular weight is 252 g/mol. The first-order valence-corrected chi connectivity index (χ1v) is 6.63. The van der Waals surface area contributed by atoms with Gasteiger partial charge in [0, 0.05) is 6.04 Å². The average Bonchev–Trinajstić information content (AvgIpc) is 3.09. The molecule has 0 aliphatic heterocycles. The summed E-state index contributed by atoms with van der Waals surface area (Å²) in [6, 6.07) is 4.03. The van der Waals surface area contributed by atoms with Crippen LogP contribution in [0.4, 0.5) is 8.78 Å². The molecule has 18 heavy (non-hydrogen) atoms. The normalized spacial score (nSPS) is 31.8. The maximum atomic E-state index is 13.3. The Hall–Kier alpha value is -1.00. The summed E-state index contributed by atoms with van der Waals surface area (Å²) in [5.41, 5.74) is 3.55. The standard InChI is InChI=1S/C14H18F2N2/c15-11-6-5-8(7-12(11)16)14(18-17)13-9-3-1-2-4-10(9)13/h5-7,9-10,13-14,18H,1-4,17H2. The second kappa shape index (κ2) is 4.59. The Bertz CT molecular complexity index is 437. The van der Waals surface area contributed by atoms with E-state index in [1.807, 2.05) is 0 Å². The molecule has 2 saturated carbocycles. The van der Waals surface area contributed by atoms with Crippen LogP contribution in [0.3, 0.4) is 0 Å². The van der Waals surface area contributed by atoms with Crippen molar-refractivity contribution < 1.29 is 8.78 Å². The molecule has 0 radical (unpaired) electrons. The van der Waals surface area contributed by atoms with Gasteiger partial charge in [0.15, 0.2) is 11.6 Å². The monoisotopic (exact) mass is 252 g/mol. The Morgan fingerprint density at radius 1 is 1.11 bits per heavy atom. The molecule has 2 nitrogen and oxygen atoms in total. The molecule has 3 atom stereocenters. The number of nitrogens with two attached hydrogens (primary N) is 1. The molecule has 0 spiro atoms. The van der Waals surface area contributed by atoms with E-state index in [0.29, 0.717) is 17.8 Å². The van der Waals surface area contributed by atoms with E-state index in [-0.39, 0.29) is 6.04 Å². The topological polar surface area (TPSA) is 38.0 Å². The van der Waals surface area contributed by atoms with E-state index in [9.17, 15) is 8.78 Å². The third-order valence-electron chi connectivity index (χ3n) is 4.59. The summed E-state index contributed by atoms with van der Waals surface area (Å²) in [6.07, 6.45) is 5.06. The molecule has 1 aromatic rings. The van der Waals surface area contributed by atoms with E-state index in [2.05, 4.69) is 5.43 Å². The molecular weight excluding hydrogens is 234 g/mol. The highest BCUT2D eigenvalue weighted by molar-refractivity contribution is 5.25. The molecule has 2 aliphatic rings. The van der Waals surface area contributed by atoms with Gasteiger partial charge in [0.05, 0.1) is 0 Å². The van der Waals surface area contributed by atoms with Crippen LogP contribution in [-0.2, 0) is 0 Å². The lowest BCUT2D eigenvalue weighted by Crippen LogP contribution is -2.30. The minimum absolute atomic E-state index is 0.0480. The smallest absolute Gasteiger partial charge is 0.159 e. The number of hydrogen-bond acceptors (Lipinski definition) is 2. The third-order valence-corrected chi connectivity index (χ3v) is 4.59. The Balaban J connectivity index is 1.82. The number of hydrazine groups is 1.